The summed E-state index contributed by atoms with van der Waals surface area (Å²) < 4.78 is 3.43. The minimum Gasteiger partial charge on any atom is -0.336 e. The Morgan fingerprint density at radius 2 is 2.32 bits per heavy atom. The van der Waals surface area contributed by atoms with Gasteiger partial charge < -0.3 is 4.90 Å². The van der Waals surface area contributed by atoms with Gasteiger partial charge in [0.1, 0.15) is 19.2 Å². The first-order valence-electron chi connectivity index (χ1n) is 7.14. The molecule has 0 fully saturated rings. The number of hydrogen-bond donors (Lipinski definition) is 0. The van der Waals surface area contributed by atoms with Crippen molar-refractivity contribution in [1.29, 1.82) is 0 Å². The molecule has 0 aliphatic carbocycles. The molecule has 0 saturated carbocycles. The maximum atomic E-state index is 12.3. The molecule has 22 heavy (non-hydrogen) atoms. The normalized spacial score (nSPS) is 14.3. The third-order valence-electron chi connectivity index (χ3n) is 3.89. The summed E-state index contributed by atoms with van der Waals surface area (Å²) in [6, 6.07) is 1.96. The van der Waals surface area contributed by atoms with E-state index in [2.05, 4.69) is 20.2 Å². The number of aromatic nitrogens is 6. The summed E-state index contributed by atoms with van der Waals surface area (Å²) in [6.45, 7) is 3.41. The lowest BCUT2D eigenvalue weighted by Crippen LogP contribution is -2.39. The van der Waals surface area contributed by atoms with Gasteiger partial charge in [0.15, 0.2) is 5.65 Å². The molecule has 0 radical (unpaired) electrons. The van der Waals surface area contributed by atoms with E-state index in [4.69, 9.17) is 0 Å². The summed E-state index contributed by atoms with van der Waals surface area (Å²) in [5.41, 5.74) is 4.00. The van der Waals surface area contributed by atoms with Crippen molar-refractivity contribution in [2.24, 2.45) is 0 Å². The first-order valence-corrected chi connectivity index (χ1v) is 7.14. The van der Waals surface area contributed by atoms with Crippen molar-refractivity contribution in [3.05, 3.63) is 41.9 Å². The van der Waals surface area contributed by atoms with Crippen molar-refractivity contribution in [2.75, 3.05) is 6.54 Å². The van der Waals surface area contributed by atoms with Crippen LogP contribution in [0.3, 0.4) is 0 Å². The second-order valence-corrected chi connectivity index (χ2v) is 5.44. The van der Waals surface area contributed by atoms with E-state index in [1.807, 2.05) is 28.6 Å². The van der Waals surface area contributed by atoms with Gasteiger partial charge in [0.05, 0.1) is 11.4 Å². The third-order valence-corrected chi connectivity index (χ3v) is 3.89. The number of hydrogen-bond acceptors (Lipinski definition) is 5. The van der Waals surface area contributed by atoms with Crippen molar-refractivity contribution in [3.63, 3.8) is 0 Å². The molecular formula is C14H15N7O. The van der Waals surface area contributed by atoms with Crippen molar-refractivity contribution < 1.29 is 4.79 Å². The van der Waals surface area contributed by atoms with Crippen molar-refractivity contribution in [1.82, 2.24) is 34.3 Å². The molecule has 3 aromatic heterocycles. The Bertz CT molecular complexity index is 836. The Hall–Kier alpha value is -2.77. The Morgan fingerprint density at radius 3 is 3.14 bits per heavy atom. The first kappa shape index (κ1) is 12.9. The molecule has 0 aromatic carbocycles. The number of carbonyl (C=O) groups excluding carboxylic acids is 1. The van der Waals surface area contributed by atoms with E-state index < -0.39 is 0 Å². The molecule has 0 unspecified atom stereocenters. The second kappa shape index (κ2) is 4.90. The Labute approximate surface area is 126 Å². The van der Waals surface area contributed by atoms with Crippen molar-refractivity contribution in [3.8, 4) is 0 Å². The molecular weight excluding hydrogens is 282 g/mol. The van der Waals surface area contributed by atoms with Crippen LogP contribution in [0.25, 0.3) is 5.65 Å². The van der Waals surface area contributed by atoms with Crippen LogP contribution in [0.2, 0.25) is 0 Å². The maximum absolute atomic E-state index is 12.3. The molecule has 1 amide bonds. The standard InChI is InChI=1S/C14H15N7O/c1-10-4-13-16-5-11-6-19(3-2-12(11)21(13)18-10)14(22)7-20-9-15-8-17-20/h4-5,8-9H,2-3,6-7H2,1H3. The van der Waals surface area contributed by atoms with Crippen molar-refractivity contribution in [2.45, 2.75) is 26.4 Å². The summed E-state index contributed by atoms with van der Waals surface area (Å²) in [6.07, 6.45) is 5.60. The molecule has 112 valence electrons. The molecule has 8 nitrogen and oxygen atoms in total. The average molecular weight is 297 g/mol. The van der Waals surface area contributed by atoms with Gasteiger partial charge in [0, 0.05) is 37.3 Å². The van der Waals surface area contributed by atoms with Crippen LogP contribution in [0.1, 0.15) is 17.0 Å². The molecule has 4 heterocycles. The average Bonchev–Trinajstić information content (AvgIpc) is 3.15. The maximum Gasteiger partial charge on any atom is 0.244 e. The lowest BCUT2D eigenvalue weighted by Gasteiger charge is -2.28. The summed E-state index contributed by atoms with van der Waals surface area (Å²) in [5.74, 6) is 0.0351. The molecule has 0 N–H and O–H groups in total. The predicted octanol–water partition coefficient (Wildman–Crippen LogP) is 0.214. The zero-order valence-corrected chi connectivity index (χ0v) is 12.2. The van der Waals surface area contributed by atoms with Gasteiger partial charge in [-0.15, -0.1) is 0 Å². The molecule has 1 aliphatic rings. The molecule has 0 saturated heterocycles. The summed E-state index contributed by atoms with van der Waals surface area (Å²) in [5, 5.41) is 8.46. The van der Waals surface area contributed by atoms with Crippen molar-refractivity contribution >= 4 is 11.6 Å². The Balaban J connectivity index is 1.59. The van der Waals surface area contributed by atoms with Crippen LogP contribution in [-0.2, 0) is 24.3 Å². The topological polar surface area (TPSA) is 81.2 Å². The number of amides is 1. The van der Waals surface area contributed by atoms with Crippen LogP contribution in [0.4, 0.5) is 0 Å². The summed E-state index contributed by atoms with van der Waals surface area (Å²) in [4.78, 5) is 22.4. The Kier molecular flexibility index (Phi) is 2.88. The van der Waals surface area contributed by atoms with Gasteiger partial charge in [-0.25, -0.2) is 19.2 Å². The monoisotopic (exact) mass is 297 g/mol. The van der Waals surface area contributed by atoms with E-state index in [0.717, 1.165) is 29.0 Å². The van der Waals surface area contributed by atoms with E-state index in [-0.39, 0.29) is 12.5 Å². The van der Waals surface area contributed by atoms with Crippen LogP contribution in [0.5, 0.6) is 0 Å². The lowest BCUT2D eigenvalue weighted by molar-refractivity contribution is -0.133. The molecule has 1 aliphatic heterocycles. The fourth-order valence-corrected chi connectivity index (χ4v) is 2.82. The molecule has 4 rings (SSSR count). The van der Waals surface area contributed by atoms with E-state index in [0.29, 0.717) is 13.1 Å². The van der Waals surface area contributed by atoms with Gasteiger partial charge in [-0.1, -0.05) is 0 Å². The van der Waals surface area contributed by atoms with Gasteiger partial charge in [0.25, 0.3) is 0 Å². The Morgan fingerprint density at radius 1 is 1.41 bits per heavy atom. The minimum atomic E-state index is 0.0351. The molecule has 0 atom stereocenters. The second-order valence-electron chi connectivity index (χ2n) is 5.44. The van der Waals surface area contributed by atoms with Gasteiger partial charge in [-0.05, 0) is 6.92 Å². The van der Waals surface area contributed by atoms with Crippen LogP contribution >= 0.6 is 0 Å². The minimum absolute atomic E-state index is 0.0351. The highest BCUT2D eigenvalue weighted by Crippen LogP contribution is 2.19. The predicted molar refractivity (Wildman–Crippen MR) is 76.9 cm³/mol. The van der Waals surface area contributed by atoms with Gasteiger partial charge in [-0.3, -0.25) is 4.79 Å². The fraction of sp³-hybridized carbons (Fsp3) is 0.357. The van der Waals surface area contributed by atoms with E-state index in [1.54, 1.807) is 6.33 Å². The van der Waals surface area contributed by atoms with E-state index in [1.165, 1.54) is 11.0 Å². The number of carbonyl (C=O) groups is 1. The summed E-state index contributed by atoms with van der Waals surface area (Å²) in [7, 11) is 0. The number of fused-ring (bicyclic) bond motifs is 3. The van der Waals surface area contributed by atoms with Crippen LogP contribution in [-0.4, -0.2) is 46.7 Å². The number of aryl methyl sites for hydroxylation is 1. The first-order chi connectivity index (χ1) is 10.7. The van der Waals surface area contributed by atoms with E-state index >= 15 is 0 Å². The molecule has 8 heteroatoms. The highest BCUT2D eigenvalue weighted by molar-refractivity contribution is 5.76. The quantitative estimate of drug-likeness (QED) is 0.675. The van der Waals surface area contributed by atoms with Crippen LogP contribution in [0, 0.1) is 6.92 Å². The van der Waals surface area contributed by atoms with Gasteiger partial charge in [-0.2, -0.15) is 10.2 Å². The van der Waals surface area contributed by atoms with Gasteiger partial charge >= 0.3 is 0 Å². The molecule has 0 bridgehead atoms. The highest BCUT2D eigenvalue weighted by Gasteiger charge is 2.23. The molecule has 3 aromatic rings. The fourth-order valence-electron chi connectivity index (χ4n) is 2.82. The zero-order valence-electron chi connectivity index (χ0n) is 12.2. The SMILES string of the molecule is Cc1cc2ncc3c(n2n1)CCN(C(=O)Cn1cncn1)C3. The molecule has 0 spiro atoms. The zero-order chi connectivity index (χ0) is 15.1. The summed E-state index contributed by atoms with van der Waals surface area (Å²) >= 11 is 0. The van der Waals surface area contributed by atoms with Crippen LogP contribution < -0.4 is 0 Å². The largest absolute Gasteiger partial charge is 0.336 e. The van der Waals surface area contributed by atoms with E-state index in [9.17, 15) is 4.79 Å². The number of rotatable bonds is 2. The van der Waals surface area contributed by atoms with Crippen LogP contribution in [0.15, 0.2) is 24.9 Å². The smallest absolute Gasteiger partial charge is 0.244 e. The lowest BCUT2D eigenvalue weighted by atomic mass is 10.1. The number of nitrogens with zero attached hydrogens (tertiary/aromatic N) is 7. The third kappa shape index (κ3) is 2.12. The van der Waals surface area contributed by atoms with Gasteiger partial charge in [0.2, 0.25) is 5.91 Å². The highest BCUT2D eigenvalue weighted by atomic mass is 16.2.